The number of piperidine rings is 4. The molecule has 5 amide bonds. The number of sulfonamides is 1. The molecule has 4 saturated heterocycles. The number of nitrogens with two attached hydrogens (primary N) is 2. The average molecular weight is 955 g/mol. The van der Waals surface area contributed by atoms with Gasteiger partial charge in [-0.25, -0.2) is 32.9 Å². The van der Waals surface area contributed by atoms with Gasteiger partial charge in [0.25, 0.3) is 11.8 Å². The summed E-state index contributed by atoms with van der Waals surface area (Å²) < 4.78 is 41.5. The number of hydrogen-bond acceptors (Lipinski definition) is 14. The average Bonchev–Trinajstić information content (AvgIpc) is 3.86. The summed E-state index contributed by atoms with van der Waals surface area (Å²) in [5.41, 5.74) is 7.71. The summed E-state index contributed by atoms with van der Waals surface area (Å²) >= 11 is 1.37. The Morgan fingerprint density at radius 1 is 0.955 bits per heavy atom. The van der Waals surface area contributed by atoms with Crippen molar-refractivity contribution in [3.63, 3.8) is 0 Å². The third-order valence-electron chi connectivity index (χ3n) is 14.5. The van der Waals surface area contributed by atoms with Crippen molar-refractivity contribution in [2.75, 3.05) is 38.5 Å². The van der Waals surface area contributed by atoms with E-state index in [0.29, 0.717) is 61.1 Å². The molecule has 0 aliphatic carbocycles. The quantitative estimate of drug-likeness (QED) is 0.150. The maximum Gasteiger partial charge on any atom is 0.262 e. The van der Waals surface area contributed by atoms with Crippen LogP contribution in [0.5, 0.6) is 0 Å². The first-order chi connectivity index (χ1) is 32.0. The molecule has 9 rings (SSSR count). The van der Waals surface area contributed by atoms with Gasteiger partial charge in [-0.05, 0) is 107 Å². The molecule has 354 valence electrons. The van der Waals surface area contributed by atoms with Gasteiger partial charge in [0, 0.05) is 60.8 Å². The molecule has 6 N–H and O–H groups in total. The van der Waals surface area contributed by atoms with Crippen LogP contribution >= 0.6 is 11.3 Å². The fourth-order valence-corrected chi connectivity index (χ4v) is 13.0. The number of primary sulfonamides is 1. The number of imide groups is 2. The van der Waals surface area contributed by atoms with E-state index in [0.717, 1.165) is 54.4 Å². The first-order valence-electron chi connectivity index (χ1n) is 23.0. The van der Waals surface area contributed by atoms with E-state index in [-0.39, 0.29) is 65.3 Å². The zero-order valence-electron chi connectivity index (χ0n) is 37.5. The standard InChI is InChI=1S/C47H55FN10O7S2/c1-3-36(67(50,64)65)30-5-4-6-31(39(30)48)40-41(33-13-19-52-46(49)53-33)66-45(55-40)47(2)15-21-56(22-16-47)38(60)24-26-14-20-57(28-11-17-51-18-12-28)35(23-26)27-7-8-29-32(25-27)44(63)58(43(29)62)34-9-10-37(59)54-42(34)61/h4-8,13,19,25-26,28,34-36,51H,3,9-12,14-18,20-24H2,1-2H3,(H2,49,52,53)(H2,50,64,65)(H,54,59,61)/t26?,34?,35-,36?/m1/s1. The predicted octanol–water partition coefficient (Wildman–Crippen LogP) is 4.60. The molecule has 17 nitrogen and oxygen atoms in total. The molecule has 0 spiro atoms. The molecule has 20 heteroatoms. The van der Waals surface area contributed by atoms with Crippen molar-refractivity contribution in [1.29, 1.82) is 0 Å². The van der Waals surface area contributed by atoms with Crippen molar-refractivity contribution < 1.29 is 36.8 Å². The molecule has 4 atom stereocenters. The van der Waals surface area contributed by atoms with Gasteiger partial charge >= 0.3 is 0 Å². The maximum atomic E-state index is 16.5. The van der Waals surface area contributed by atoms with E-state index < -0.39 is 56.2 Å². The van der Waals surface area contributed by atoms with Crippen molar-refractivity contribution in [2.24, 2.45) is 11.1 Å². The van der Waals surface area contributed by atoms with Gasteiger partial charge in [-0.2, -0.15) is 0 Å². The van der Waals surface area contributed by atoms with Crippen molar-refractivity contribution in [1.82, 2.24) is 40.3 Å². The Balaban J connectivity index is 0.923. The van der Waals surface area contributed by atoms with Crippen molar-refractivity contribution >= 4 is 56.8 Å². The van der Waals surface area contributed by atoms with Crippen molar-refractivity contribution in [2.45, 2.75) is 107 Å². The van der Waals surface area contributed by atoms with Crippen LogP contribution in [0.2, 0.25) is 0 Å². The van der Waals surface area contributed by atoms with Gasteiger partial charge in [0.2, 0.25) is 33.7 Å². The number of fused-ring (bicyclic) bond motifs is 1. The van der Waals surface area contributed by atoms with E-state index >= 15 is 4.39 Å². The number of nitrogens with one attached hydrogen (secondary N) is 2. The number of rotatable bonds is 11. The Bertz CT molecular complexity index is 2750. The van der Waals surface area contributed by atoms with Crippen LogP contribution in [0.1, 0.15) is 126 Å². The number of nitrogens with zero attached hydrogens (tertiary/aromatic N) is 6. The van der Waals surface area contributed by atoms with Crippen molar-refractivity contribution in [3.8, 4) is 21.8 Å². The van der Waals surface area contributed by atoms with Crippen LogP contribution in [-0.4, -0.2) is 112 Å². The zero-order chi connectivity index (χ0) is 47.4. The Kier molecular flexibility index (Phi) is 12.9. The van der Waals surface area contributed by atoms with Crippen LogP contribution in [0.25, 0.3) is 21.8 Å². The number of thiazole rings is 1. The van der Waals surface area contributed by atoms with Crippen LogP contribution in [-0.2, 0) is 29.8 Å². The first-order valence-corrected chi connectivity index (χ1v) is 25.5. The summed E-state index contributed by atoms with van der Waals surface area (Å²) in [5.74, 6) is -2.73. The topological polar surface area (TPSA) is 244 Å². The third kappa shape index (κ3) is 9.01. The Morgan fingerprint density at radius 2 is 1.70 bits per heavy atom. The molecule has 67 heavy (non-hydrogen) atoms. The molecule has 4 aromatic rings. The molecular weight excluding hydrogens is 900 g/mol. The van der Waals surface area contributed by atoms with Gasteiger partial charge in [-0.3, -0.25) is 39.1 Å². The van der Waals surface area contributed by atoms with Gasteiger partial charge < -0.3 is 16.0 Å². The molecule has 7 heterocycles. The molecule has 5 aliphatic rings. The van der Waals surface area contributed by atoms with Crippen LogP contribution in [0, 0.1) is 11.7 Å². The predicted molar refractivity (Wildman–Crippen MR) is 248 cm³/mol. The summed E-state index contributed by atoms with van der Waals surface area (Å²) in [4.78, 5) is 85.6. The molecule has 2 aromatic heterocycles. The number of hydrogen-bond donors (Lipinski definition) is 4. The normalized spacial score (nSPS) is 23.3. The highest BCUT2D eigenvalue weighted by Crippen LogP contribution is 2.46. The second kappa shape index (κ2) is 18.5. The number of carbonyl (C=O) groups is 5. The van der Waals surface area contributed by atoms with Gasteiger partial charge in [-0.15, -0.1) is 11.3 Å². The second-order valence-electron chi connectivity index (χ2n) is 18.7. The van der Waals surface area contributed by atoms with Crippen LogP contribution in [0.3, 0.4) is 0 Å². The number of anilines is 1. The molecule has 2 aromatic carbocycles. The van der Waals surface area contributed by atoms with Gasteiger partial charge in [0.15, 0.2) is 0 Å². The lowest BCUT2D eigenvalue weighted by Crippen LogP contribution is -2.54. The van der Waals surface area contributed by atoms with E-state index in [9.17, 15) is 32.4 Å². The van der Waals surface area contributed by atoms with Gasteiger partial charge in [-0.1, -0.05) is 32.0 Å². The fourth-order valence-electron chi connectivity index (χ4n) is 10.7. The lowest BCUT2D eigenvalue weighted by molar-refractivity contribution is -0.136. The first kappa shape index (κ1) is 46.6. The highest BCUT2D eigenvalue weighted by Gasteiger charge is 2.46. The number of nitrogen functional groups attached to an aromatic ring is 1. The maximum absolute atomic E-state index is 16.5. The number of likely N-dealkylation sites (tertiary alicyclic amines) is 2. The molecule has 0 radical (unpaired) electrons. The van der Waals surface area contributed by atoms with E-state index in [4.69, 9.17) is 15.9 Å². The smallest absolute Gasteiger partial charge is 0.262 e. The van der Waals surface area contributed by atoms with Crippen molar-refractivity contribution in [3.05, 3.63) is 81.7 Å². The summed E-state index contributed by atoms with van der Waals surface area (Å²) in [6, 6.07) is 10.8. The summed E-state index contributed by atoms with van der Waals surface area (Å²) in [6.45, 7) is 7.26. The van der Waals surface area contributed by atoms with E-state index in [1.54, 1.807) is 37.3 Å². The fraction of sp³-hybridized carbons (Fsp3) is 0.489. The number of carbonyl (C=O) groups excluding carboxylic acids is 5. The molecule has 0 bridgehead atoms. The second-order valence-corrected chi connectivity index (χ2v) is 21.5. The monoisotopic (exact) mass is 954 g/mol. The summed E-state index contributed by atoms with van der Waals surface area (Å²) in [7, 11) is -4.11. The largest absolute Gasteiger partial charge is 0.368 e. The van der Waals surface area contributed by atoms with E-state index in [2.05, 4.69) is 32.4 Å². The SMILES string of the molecule is CCC(c1cccc(-c2nc(C3(C)CCN(C(=O)CC4CCN(C5CCNCC5)[C@@H](c5ccc6c(c5)C(=O)N(C5CCC(=O)NC5=O)C6=O)C4)CC3)sc2-c2ccnc(N)n2)c1F)S(N)(=O)=O. The lowest BCUT2D eigenvalue weighted by atomic mass is 9.80. The minimum absolute atomic E-state index is 0.0337. The molecule has 5 aliphatic heterocycles. The number of benzene rings is 2. The minimum atomic E-state index is -4.11. The third-order valence-corrected chi connectivity index (χ3v) is 17.3. The lowest BCUT2D eigenvalue weighted by Gasteiger charge is -2.46. The highest BCUT2D eigenvalue weighted by molar-refractivity contribution is 7.89. The van der Waals surface area contributed by atoms with E-state index in [1.165, 1.54) is 23.6 Å². The molecule has 3 unspecified atom stereocenters. The van der Waals surface area contributed by atoms with Crippen LogP contribution < -0.4 is 21.5 Å². The van der Waals surface area contributed by atoms with E-state index in [1.807, 2.05) is 11.0 Å². The molecular formula is C47H55FN10O7S2. The molecule has 4 fully saturated rings. The Hall–Kier alpha value is -5.54. The Morgan fingerprint density at radius 3 is 2.40 bits per heavy atom. The number of halogens is 1. The molecule has 0 saturated carbocycles. The van der Waals surface area contributed by atoms with Crippen LogP contribution in [0.15, 0.2) is 48.7 Å². The Labute approximate surface area is 392 Å². The summed E-state index contributed by atoms with van der Waals surface area (Å²) in [6.07, 6.45) is 6.70. The minimum Gasteiger partial charge on any atom is -0.368 e. The zero-order valence-corrected chi connectivity index (χ0v) is 39.1. The van der Waals surface area contributed by atoms with Crippen LogP contribution in [0.4, 0.5) is 10.3 Å². The highest BCUT2D eigenvalue weighted by atomic mass is 32.2. The van der Waals surface area contributed by atoms with Gasteiger partial charge in [0.05, 0.1) is 32.4 Å². The van der Waals surface area contributed by atoms with Gasteiger partial charge in [0.1, 0.15) is 17.1 Å². The number of amides is 5. The number of aromatic nitrogens is 3. The summed E-state index contributed by atoms with van der Waals surface area (Å²) in [5, 5.41) is 10.7.